The lowest BCUT2D eigenvalue weighted by molar-refractivity contribution is 0.112. The molecule has 4 nitrogen and oxygen atoms in total. The van der Waals surface area contributed by atoms with E-state index in [0.29, 0.717) is 23.2 Å². The number of anilines is 1. The molecule has 0 aliphatic carbocycles. The van der Waals surface area contributed by atoms with Gasteiger partial charge in [0.25, 0.3) is 0 Å². The van der Waals surface area contributed by atoms with E-state index in [0.717, 1.165) is 24.5 Å². The molecule has 0 spiro atoms. The van der Waals surface area contributed by atoms with E-state index in [1.54, 1.807) is 0 Å². The highest BCUT2D eigenvalue weighted by molar-refractivity contribution is 7.17. The average Bonchev–Trinajstić information content (AvgIpc) is 2.61. The molecular formula is C8H9ClN2O2S. The molecule has 0 aromatic carbocycles. The third-order valence-electron chi connectivity index (χ3n) is 1.99. The van der Waals surface area contributed by atoms with Gasteiger partial charge < -0.3 is 9.64 Å². The van der Waals surface area contributed by atoms with Crippen LogP contribution in [0.1, 0.15) is 9.67 Å². The van der Waals surface area contributed by atoms with Crippen LogP contribution in [0.3, 0.4) is 0 Å². The summed E-state index contributed by atoms with van der Waals surface area (Å²) in [5.74, 6) is 0. The molecule has 0 bridgehead atoms. The van der Waals surface area contributed by atoms with E-state index in [-0.39, 0.29) is 0 Å². The van der Waals surface area contributed by atoms with Crippen LogP contribution in [0, 0.1) is 0 Å². The van der Waals surface area contributed by atoms with E-state index in [1.807, 2.05) is 0 Å². The van der Waals surface area contributed by atoms with Gasteiger partial charge in [-0.15, -0.1) is 0 Å². The fourth-order valence-corrected chi connectivity index (χ4v) is 2.38. The Balaban J connectivity index is 2.18. The Bertz CT molecular complexity index is 336. The highest BCUT2D eigenvalue weighted by Crippen LogP contribution is 2.28. The minimum atomic E-state index is 0.298. The molecule has 6 heteroatoms. The Morgan fingerprint density at radius 1 is 1.50 bits per heavy atom. The Hall–Kier alpha value is -0.650. The highest BCUT2D eigenvalue weighted by Gasteiger charge is 2.17. The molecule has 1 fully saturated rings. The molecule has 1 aromatic rings. The van der Waals surface area contributed by atoms with Gasteiger partial charge in [-0.05, 0) is 0 Å². The lowest BCUT2D eigenvalue weighted by Gasteiger charge is -2.25. The zero-order valence-electron chi connectivity index (χ0n) is 7.40. The number of aldehydes is 1. The first-order valence-electron chi connectivity index (χ1n) is 4.25. The molecular weight excluding hydrogens is 224 g/mol. The molecule has 1 aliphatic rings. The van der Waals surface area contributed by atoms with Gasteiger partial charge in [-0.25, -0.2) is 4.98 Å². The van der Waals surface area contributed by atoms with E-state index < -0.39 is 0 Å². The molecule has 1 aliphatic heterocycles. The van der Waals surface area contributed by atoms with Gasteiger partial charge in [0.15, 0.2) is 16.6 Å². The van der Waals surface area contributed by atoms with Gasteiger partial charge in [0, 0.05) is 13.1 Å². The van der Waals surface area contributed by atoms with Crippen LogP contribution in [0.5, 0.6) is 0 Å². The summed E-state index contributed by atoms with van der Waals surface area (Å²) in [6, 6.07) is 0. The Kier molecular flexibility index (Phi) is 3.00. The van der Waals surface area contributed by atoms with Crippen molar-refractivity contribution in [3.8, 4) is 0 Å². The molecule has 0 amide bonds. The molecule has 14 heavy (non-hydrogen) atoms. The maximum Gasteiger partial charge on any atom is 0.187 e. The zero-order chi connectivity index (χ0) is 9.97. The van der Waals surface area contributed by atoms with Gasteiger partial charge in [-0.2, -0.15) is 0 Å². The van der Waals surface area contributed by atoms with Crippen LogP contribution in [-0.4, -0.2) is 37.6 Å². The van der Waals surface area contributed by atoms with Crippen LogP contribution < -0.4 is 4.90 Å². The lowest BCUT2D eigenvalue weighted by Crippen LogP contribution is -2.36. The predicted molar refractivity (Wildman–Crippen MR) is 55.5 cm³/mol. The summed E-state index contributed by atoms with van der Waals surface area (Å²) in [7, 11) is 0. The smallest absolute Gasteiger partial charge is 0.187 e. The van der Waals surface area contributed by atoms with Crippen LogP contribution in [0.4, 0.5) is 5.13 Å². The first-order chi connectivity index (χ1) is 6.81. The summed E-state index contributed by atoms with van der Waals surface area (Å²) in [5.41, 5.74) is 0. The van der Waals surface area contributed by atoms with Crippen molar-refractivity contribution in [2.24, 2.45) is 0 Å². The SMILES string of the molecule is O=Cc1sc(N2CCOCC2)nc1Cl. The summed E-state index contributed by atoms with van der Waals surface area (Å²) < 4.78 is 5.22. The summed E-state index contributed by atoms with van der Waals surface area (Å²) in [5, 5.41) is 1.10. The highest BCUT2D eigenvalue weighted by atomic mass is 35.5. The Morgan fingerprint density at radius 3 is 2.79 bits per heavy atom. The average molecular weight is 233 g/mol. The number of nitrogens with zero attached hydrogens (tertiary/aromatic N) is 2. The van der Waals surface area contributed by atoms with Crippen molar-refractivity contribution in [2.45, 2.75) is 0 Å². The van der Waals surface area contributed by atoms with Crippen molar-refractivity contribution in [3.05, 3.63) is 10.0 Å². The monoisotopic (exact) mass is 232 g/mol. The van der Waals surface area contributed by atoms with E-state index >= 15 is 0 Å². The number of morpholine rings is 1. The maximum absolute atomic E-state index is 10.6. The molecule has 0 unspecified atom stereocenters. The number of thiazole rings is 1. The predicted octanol–water partition coefficient (Wildman–Crippen LogP) is 1.45. The number of carbonyl (C=O) groups is 1. The molecule has 2 heterocycles. The standard InChI is InChI=1S/C8H9ClN2O2S/c9-7-6(5-12)14-8(10-7)11-1-3-13-4-2-11/h5H,1-4H2. The third-order valence-corrected chi connectivity index (χ3v) is 3.43. The molecule has 0 radical (unpaired) electrons. The van der Waals surface area contributed by atoms with Crippen LogP contribution in [-0.2, 0) is 4.74 Å². The summed E-state index contributed by atoms with van der Waals surface area (Å²) in [4.78, 5) is 17.3. The topological polar surface area (TPSA) is 42.4 Å². The number of ether oxygens (including phenoxy) is 1. The maximum atomic E-state index is 10.6. The first-order valence-corrected chi connectivity index (χ1v) is 5.45. The second kappa shape index (κ2) is 4.25. The van der Waals surface area contributed by atoms with Crippen molar-refractivity contribution < 1.29 is 9.53 Å². The molecule has 0 saturated carbocycles. The molecule has 0 N–H and O–H groups in total. The number of hydrogen-bond acceptors (Lipinski definition) is 5. The van der Waals surface area contributed by atoms with Gasteiger partial charge in [0.2, 0.25) is 0 Å². The Morgan fingerprint density at radius 2 is 2.21 bits per heavy atom. The lowest BCUT2D eigenvalue weighted by atomic mass is 10.5. The summed E-state index contributed by atoms with van der Waals surface area (Å²) in [6.45, 7) is 3.02. The number of aromatic nitrogens is 1. The second-order valence-electron chi connectivity index (χ2n) is 2.87. The van der Waals surface area contributed by atoms with Crippen molar-refractivity contribution in [1.29, 1.82) is 0 Å². The van der Waals surface area contributed by atoms with Crippen molar-refractivity contribution >= 4 is 34.4 Å². The summed E-state index contributed by atoms with van der Waals surface area (Å²) >= 11 is 7.10. The molecule has 1 aromatic heterocycles. The fraction of sp³-hybridized carbons (Fsp3) is 0.500. The van der Waals surface area contributed by atoms with Gasteiger partial charge >= 0.3 is 0 Å². The van der Waals surface area contributed by atoms with Crippen molar-refractivity contribution in [2.75, 3.05) is 31.2 Å². The zero-order valence-corrected chi connectivity index (χ0v) is 8.98. The van der Waals surface area contributed by atoms with E-state index in [1.165, 1.54) is 11.3 Å². The third kappa shape index (κ3) is 1.89. The number of hydrogen-bond donors (Lipinski definition) is 0. The second-order valence-corrected chi connectivity index (χ2v) is 4.24. The van der Waals surface area contributed by atoms with Crippen molar-refractivity contribution in [3.63, 3.8) is 0 Å². The van der Waals surface area contributed by atoms with E-state index in [9.17, 15) is 4.79 Å². The van der Waals surface area contributed by atoms with Gasteiger partial charge in [-0.1, -0.05) is 22.9 Å². The van der Waals surface area contributed by atoms with Gasteiger partial charge in [0.05, 0.1) is 13.2 Å². The van der Waals surface area contributed by atoms with E-state index in [4.69, 9.17) is 16.3 Å². The Labute approximate surface area is 90.4 Å². The van der Waals surface area contributed by atoms with Crippen molar-refractivity contribution in [1.82, 2.24) is 4.98 Å². The molecule has 2 rings (SSSR count). The summed E-state index contributed by atoms with van der Waals surface area (Å²) in [6.07, 6.45) is 0.740. The fourth-order valence-electron chi connectivity index (χ4n) is 1.26. The minimum Gasteiger partial charge on any atom is -0.378 e. The number of carbonyl (C=O) groups excluding carboxylic acids is 1. The van der Waals surface area contributed by atoms with Crippen LogP contribution in [0.2, 0.25) is 5.15 Å². The molecule has 1 saturated heterocycles. The number of rotatable bonds is 2. The van der Waals surface area contributed by atoms with Gasteiger partial charge in [-0.3, -0.25) is 4.79 Å². The quantitative estimate of drug-likeness (QED) is 0.724. The normalized spacial score (nSPS) is 17.1. The van der Waals surface area contributed by atoms with E-state index in [2.05, 4.69) is 9.88 Å². The molecule has 0 atom stereocenters. The first kappa shape index (κ1) is 9.89. The minimum absolute atomic E-state index is 0.298. The van der Waals surface area contributed by atoms with Crippen LogP contribution in [0.15, 0.2) is 0 Å². The molecule has 76 valence electrons. The van der Waals surface area contributed by atoms with Crippen LogP contribution >= 0.6 is 22.9 Å². The number of halogens is 1. The van der Waals surface area contributed by atoms with Crippen LogP contribution in [0.25, 0.3) is 0 Å². The largest absolute Gasteiger partial charge is 0.378 e. The van der Waals surface area contributed by atoms with Gasteiger partial charge in [0.1, 0.15) is 4.88 Å².